The number of halogens is 3. The fraction of sp³-hybridized carbons (Fsp3) is 0.500. The van der Waals surface area contributed by atoms with Crippen molar-refractivity contribution in [2.75, 3.05) is 57.3 Å². The third-order valence-corrected chi connectivity index (χ3v) is 7.48. The second kappa shape index (κ2) is 15.6. The van der Waals surface area contributed by atoms with E-state index in [1.54, 1.807) is 38.2 Å². The maximum absolute atomic E-state index is 13.5. The molecule has 5 rings (SSSR count). The number of likely N-dealkylation sites (tertiary alicyclic amines) is 1. The molecule has 3 N–H and O–H groups in total. The number of piperazine rings is 1. The van der Waals surface area contributed by atoms with Gasteiger partial charge in [0.05, 0.1) is 12.1 Å². The predicted molar refractivity (Wildman–Crippen MR) is 164 cm³/mol. The summed E-state index contributed by atoms with van der Waals surface area (Å²) in [4.78, 5) is 49.4. The molecule has 2 aromatic heterocycles. The lowest BCUT2D eigenvalue weighted by molar-refractivity contribution is -0.192. The van der Waals surface area contributed by atoms with Crippen molar-refractivity contribution in [2.24, 2.45) is 7.05 Å². The van der Waals surface area contributed by atoms with Crippen LogP contribution < -0.4 is 25.8 Å². The lowest BCUT2D eigenvalue weighted by Crippen LogP contribution is -2.44. The van der Waals surface area contributed by atoms with Gasteiger partial charge in [-0.3, -0.25) is 18.7 Å². The van der Waals surface area contributed by atoms with Gasteiger partial charge in [0.2, 0.25) is 5.95 Å². The summed E-state index contributed by atoms with van der Waals surface area (Å²) in [5, 5.41) is 13.5. The van der Waals surface area contributed by atoms with Crippen molar-refractivity contribution in [3.05, 3.63) is 40.2 Å². The van der Waals surface area contributed by atoms with Gasteiger partial charge in [0.15, 0.2) is 11.2 Å². The molecule has 16 heteroatoms. The first-order valence-corrected chi connectivity index (χ1v) is 14.9. The highest BCUT2D eigenvalue weighted by Crippen LogP contribution is 2.26. The number of carboxylic acids is 1. The molecule has 2 fully saturated rings. The van der Waals surface area contributed by atoms with Crippen LogP contribution in [-0.2, 0) is 18.4 Å². The minimum Gasteiger partial charge on any atom is -0.475 e. The topological polar surface area (TPSA) is 147 Å². The third kappa shape index (κ3) is 8.55. The van der Waals surface area contributed by atoms with E-state index in [1.165, 1.54) is 23.8 Å². The van der Waals surface area contributed by atoms with Gasteiger partial charge in [-0.05, 0) is 45.0 Å². The van der Waals surface area contributed by atoms with Gasteiger partial charge in [0, 0.05) is 46.3 Å². The standard InChI is InChI=1S/C28H36N8O3.C2HF3O2/c1-3-4-17-36-23-24(31-27(36)35-19-12-29-13-20-35)32-28(33(2)26(23)38)39-22-11-7-6-10-21(22)25(37)30-14-18-34-15-8-5-9-16-34;3-2(4,5)1(6)7/h6-7,10-11,29H,5,8-9,12-20H2,1-2H3,(H,30,37);(H,6,7). The number of carboxylic acid groups (broad SMARTS) is 1. The van der Waals surface area contributed by atoms with Crippen molar-refractivity contribution in [1.82, 2.24) is 34.6 Å². The van der Waals surface area contributed by atoms with Gasteiger partial charge in [-0.25, -0.2) is 4.79 Å². The molecule has 1 aromatic carbocycles. The number of anilines is 1. The summed E-state index contributed by atoms with van der Waals surface area (Å²) in [7, 11) is 1.61. The van der Waals surface area contributed by atoms with Crippen molar-refractivity contribution in [3.8, 4) is 23.6 Å². The van der Waals surface area contributed by atoms with Crippen molar-refractivity contribution in [1.29, 1.82) is 0 Å². The summed E-state index contributed by atoms with van der Waals surface area (Å²) in [5.41, 5.74) is 0.772. The molecule has 2 aliphatic rings. The smallest absolute Gasteiger partial charge is 0.475 e. The molecule has 0 atom stereocenters. The average Bonchev–Trinajstić information content (AvgIpc) is 3.41. The van der Waals surface area contributed by atoms with E-state index in [0.717, 1.165) is 45.8 Å². The molecule has 0 radical (unpaired) electrons. The Morgan fingerprint density at radius 2 is 1.76 bits per heavy atom. The molecule has 3 aromatic rings. The molecular weight excluding hydrogens is 609 g/mol. The van der Waals surface area contributed by atoms with E-state index in [9.17, 15) is 22.8 Å². The number of amides is 1. The highest BCUT2D eigenvalue weighted by atomic mass is 19.4. The molecule has 0 bridgehead atoms. The molecule has 248 valence electrons. The summed E-state index contributed by atoms with van der Waals surface area (Å²) in [6.07, 6.45) is -1.39. The monoisotopic (exact) mass is 646 g/mol. The molecule has 1 amide bonds. The maximum atomic E-state index is 13.5. The minimum atomic E-state index is -5.08. The zero-order chi connectivity index (χ0) is 33.3. The zero-order valence-corrected chi connectivity index (χ0v) is 25.7. The largest absolute Gasteiger partial charge is 0.490 e. The first-order chi connectivity index (χ1) is 22.0. The number of hydrogen-bond acceptors (Lipinski definition) is 9. The van der Waals surface area contributed by atoms with Crippen LogP contribution in [0, 0.1) is 11.8 Å². The average molecular weight is 647 g/mol. The van der Waals surface area contributed by atoms with Crippen molar-refractivity contribution in [2.45, 2.75) is 38.9 Å². The highest BCUT2D eigenvalue weighted by Gasteiger charge is 2.38. The van der Waals surface area contributed by atoms with Gasteiger partial charge in [-0.15, -0.1) is 5.92 Å². The van der Waals surface area contributed by atoms with Crippen molar-refractivity contribution < 1.29 is 32.6 Å². The second-order valence-electron chi connectivity index (χ2n) is 10.7. The molecule has 0 spiro atoms. The number of carbonyl (C=O) groups excluding carboxylic acids is 1. The van der Waals surface area contributed by atoms with Crippen LogP contribution in [0.3, 0.4) is 0 Å². The predicted octanol–water partition coefficient (Wildman–Crippen LogP) is 2.20. The molecule has 46 heavy (non-hydrogen) atoms. The summed E-state index contributed by atoms with van der Waals surface area (Å²) in [6.45, 7) is 8.85. The third-order valence-electron chi connectivity index (χ3n) is 7.48. The number of nitrogens with one attached hydrogen (secondary N) is 2. The van der Waals surface area contributed by atoms with Gasteiger partial charge in [-0.1, -0.05) is 24.5 Å². The lowest BCUT2D eigenvalue weighted by Gasteiger charge is -2.28. The van der Waals surface area contributed by atoms with E-state index in [1.807, 2.05) is 4.57 Å². The van der Waals surface area contributed by atoms with Gasteiger partial charge < -0.3 is 30.3 Å². The van der Waals surface area contributed by atoms with Gasteiger partial charge in [0.1, 0.15) is 5.75 Å². The molecule has 13 nitrogen and oxygen atoms in total. The van der Waals surface area contributed by atoms with Crippen LogP contribution in [0.4, 0.5) is 19.1 Å². The molecule has 0 aliphatic carbocycles. The van der Waals surface area contributed by atoms with Crippen molar-refractivity contribution >= 4 is 29.0 Å². The van der Waals surface area contributed by atoms with E-state index in [0.29, 0.717) is 41.5 Å². The first kappa shape index (κ1) is 34.3. The van der Waals surface area contributed by atoms with Crippen LogP contribution in [0.5, 0.6) is 11.8 Å². The van der Waals surface area contributed by atoms with Gasteiger partial charge >= 0.3 is 18.2 Å². The number of aliphatic carboxylic acids is 1. The zero-order valence-electron chi connectivity index (χ0n) is 25.7. The fourth-order valence-corrected chi connectivity index (χ4v) is 5.08. The van der Waals surface area contributed by atoms with E-state index in [4.69, 9.17) is 19.6 Å². The van der Waals surface area contributed by atoms with E-state index in [-0.39, 0.29) is 17.5 Å². The second-order valence-corrected chi connectivity index (χ2v) is 10.7. The summed E-state index contributed by atoms with van der Waals surface area (Å²) in [6, 6.07) is 7.06. The van der Waals surface area contributed by atoms with E-state index < -0.39 is 12.1 Å². The number of nitrogens with zero attached hydrogens (tertiary/aromatic N) is 6. The van der Waals surface area contributed by atoms with Crippen LogP contribution in [0.15, 0.2) is 29.1 Å². The number of rotatable bonds is 8. The lowest BCUT2D eigenvalue weighted by atomic mass is 10.1. The summed E-state index contributed by atoms with van der Waals surface area (Å²) < 4.78 is 41.0. The van der Waals surface area contributed by atoms with Gasteiger partial charge in [0.25, 0.3) is 11.5 Å². The Balaban J connectivity index is 0.000000617. The molecule has 2 aliphatic heterocycles. The minimum absolute atomic E-state index is 0.0687. The van der Waals surface area contributed by atoms with Crippen LogP contribution in [-0.4, -0.2) is 99.5 Å². The van der Waals surface area contributed by atoms with Crippen LogP contribution in [0.1, 0.15) is 36.5 Å². The Morgan fingerprint density at radius 3 is 2.41 bits per heavy atom. The Hall–Kier alpha value is -4.62. The molecule has 4 heterocycles. The van der Waals surface area contributed by atoms with Crippen LogP contribution in [0.25, 0.3) is 11.2 Å². The number of imidazole rings is 1. The maximum Gasteiger partial charge on any atom is 0.490 e. The van der Waals surface area contributed by atoms with Crippen LogP contribution >= 0.6 is 0 Å². The Labute approximate surface area is 263 Å². The fourth-order valence-electron chi connectivity index (χ4n) is 5.08. The summed E-state index contributed by atoms with van der Waals surface area (Å²) in [5.74, 6) is 3.98. The van der Waals surface area contributed by atoms with Crippen LogP contribution in [0.2, 0.25) is 0 Å². The van der Waals surface area contributed by atoms with E-state index in [2.05, 4.69) is 37.3 Å². The highest BCUT2D eigenvalue weighted by molar-refractivity contribution is 5.97. The normalized spacial score (nSPS) is 15.4. The number of aromatic nitrogens is 4. The number of alkyl halides is 3. The Bertz CT molecular complexity index is 1650. The number of carbonyl (C=O) groups is 2. The number of ether oxygens (including phenoxy) is 1. The van der Waals surface area contributed by atoms with Crippen molar-refractivity contribution in [3.63, 3.8) is 0 Å². The number of hydrogen-bond donors (Lipinski definition) is 3. The molecular formula is C30H37F3N8O5. The quantitative estimate of drug-likeness (QED) is 0.312. The van der Waals surface area contributed by atoms with E-state index >= 15 is 0 Å². The van der Waals surface area contributed by atoms with Gasteiger partial charge in [-0.2, -0.15) is 23.1 Å². The SMILES string of the molecule is CC#CCn1c(N2CCNCC2)nc2nc(Oc3ccccc3C(=O)NCCN3CCCCC3)n(C)c(=O)c21.O=C(O)C(F)(F)F. The molecule has 0 saturated carbocycles. The number of benzene rings is 1. The number of para-hydroxylation sites is 1. The number of piperidine rings is 1. The Morgan fingerprint density at radius 1 is 1.09 bits per heavy atom. The molecule has 2 saturated heterocycles. The Kier molecular flexibility index (Phi) is 11.6. The molecule has 0 unspecified atom stereocenters. The number of fused-ring (bicyclic) bond motifs is 1. The summed E-state index contributed by atoms with van der Waals surface area (Å²) >= 11 is 0. The first-order valence-electron chi connectivity index (χ1n) is 14.9.